The molecule has 0 amide bonds. The fourth-order valence-electron chi connectivity index (χ4n) is 2.18. The summed E-state index contributed by atoms with van der Waals surface area (Å²) < 4.78 is 12.8. The topological polar surface area (TPSA) is 51.6 Å². The normalized spacial score (nSPS) is 10.4. The van der Waals surface area contributed by atoms with Gasteiger partial charge >= 0.3 is 0 Å². The Labute approximate surface area is 115 Å². The molecular formula is C16H12FN3. The highest BCUT2D eigenvalue weighted by Crippen LogP contribution is 2.25. The number of hydrogen-bond acceptors (Lipinski definition) is 2. The molecule has 0 aliphatic heterocycles. The molecule has 1 aromatic heterocycles. The van der Waals surface area contributed by atoms with Crippen molar-refractivity contribution in [1.29, 1.82) is 5.26 Å². The molecule has 20 heavy (non-hydrogen) atoms. The number of rotatable bonds is 3. The Morgan fingerprint density at radius 1 is 1.10 bits per heavy atom. The van der Waals surface area contributed by atoms with Crippen LogP contribution in [0.5, 0.6) is 0 Å². The van der Waals surface area contributed by atoms with Crippen molar-refractivity contribution in [3.63, 3.8) is 0 Å². The van der Waals surface area contributed by atoms with Crippen molar-refractivity contribution in [2.24, 2.45) is 0 Å². The molecule has 2 N–H and O–H groups in total. The van der Waals surface area contributed by atoms with E-state index in [0.29, 0.717) is 17.9 Å². The van der Waals surface area contributed by atoms with Crippen LogP contribution in [0.4, 0.5) is 10.2 Å². The van der Waals surface area contributed by atoms with Gasteiger partial charge in [0.2, 0.25) is 0 Å². The third-order valence-electron chi connectivity index (χ3n) is 3.20. The third-order valence-corrected chi connectivity index (χ3v) is 3.20. The predicted octanol–water partition coefficient (Wildman–Crippen LogP) is 3.79. The second kappa shape index (κ2) is 5.06. The highest BCUT2D eigenvalue weighted by atomic mass is 19.1. The lowest BCUT2D eigenvalue weighted by atomic mass is 10.2. The number of para-hydroxylation sites is 1. The van der Waals surface area contributed by atoms with Crippen molar-refractivity contribution in [2.45, 2.75) is 6.54 Å². The summed E-state index contributed by atoms with van der Waals surface area (Å²) in [5.41, 5.74) is 2.47. The molecule has 4 heteroatoms. The van der Waals surface area contributed by atoms with Gasteiger partial charge in [-0.05, 0) is 23.8 Å². The molecule has 0 spiro atoms. The van der Waals surface area contributed by atoms with Crippen LogP contribution in [0.1, 0.15) is 11.1 Å². The molecule has 0 fully saturated rings. The Kier molecular flexibility index (Phi) is 3.10. The standard InChI is InChI=1S/C16H12FN3/c17-12-7-5-11(6-8-12)10-19-16-14(9-18)13-3-1-2-4-15(13)20-16/h1-8,19-20H,10H2. The molecule has 0 aliphatic carbocycles. The van der Waals surface area contributed by atoms with Crippen LogP contribution < -0.4 is 5.32 Å². The van der Waals surface area contributed by atoms with E-state index >= 15 is 0 Å². The third kappa shape index (κ3) is 2.21. The van der Waals surface area contributed by atoms with Crippen LogP contribution in [0, 0.1) is 17.1 Å². The summed E-state index contributed by atoms with van der Waals surface area (Å²) in [6.07, 6.45) is 0. The first-order valence-electron chi connectivity index (χ1n) is 6.27. The van der Waals surface area contributed by atoms with Crippen LogP contribution in [0.25, 0.3) is 10.9 Å². The molecule has 2 aromatic carbocycles. The van der Waals surface area contributed by atoms with Crippen molar-refractivity contribution >= 4 is 16.7 Å². The highest BCUT2D eigenvalue weighted by molar-refractivity contribution is 5.91. The lowest BCUT2D eigenvalue weighted by molar-refractivity contribution is 0.627. The molecule has 98 valence electrons. The van der Waals surface area contributed by atoms with Gasteiger partial charge < -0.3 is 10.3 Å². The van der Waals surface area contributed by atoms with Crippen LogP contribution in [-0.2, 0) is 6.54 Å². The maximum absolute atomic E-state index is 12.8. The van der Waals surface area contributed by atoms with Gasteiger partial charge in [0.25, 0.3) is 0 Å². The van der Waals surface area contributed by atoms with E-state index in [0.717, 1.165) is 16.5 Å². The Morgan fingerprint density at radius 2 is 1.85 bits per heavy atom. The van der Waals surface area contributed by atoms with E-state index in [9.17, 15) is 9.65 Å². The number of nitrogens with one attached hydrogen (secondary N) is 2. The number of H-pyrrole nitrogens is 1. The van der Waals surface area contributed by atoms with E-state index in [1.54, 1.807) is 12.1 Å². The van der Waals surface area contributed by atoms with Gasteiger partial charge in [0.05, 0.1) is 0 Å². The number of hydrogen-bond donors (Lipinski definition) is 2. The second-order valence-corrected chi connectivity index (χ2v) is 4.51. The average molecular weight is 265 g/mol. The summed E-state index contributed by atoms with van der Waals surface area (Å²) in [4.78, 5) is 3.19. The zero-order valence-corrected chi connectivity index (χ0v) is 10.7. The summed E-state index contributed by atoms with van der Waals surface area (Å²) in [5, 5.41) is 13.4. The number of halogens is 1. The van der Waals surface area contributed by atoms with Crippen LogP contribution in [-0.4, -0.2) is 4.98 Å². The van der Waals surface area contributed by atoms with Crippen molar-refractivity contribution in [2.75, 3.05) is 5.32 Å². The fraction of sp³-hybridized carbons (Fsp3) is 0.0625. The maximum Gasteiger partial charge on any atom is 0.123 e. The summed E-state index contributed by atoms with van der Waals surface area (Å²) in [6.45, 7) is 0.530. The number of aromatic nitrogens is 1. The summed E-state index contributed by atoms with van der Waals surface area (Å²) >= 11 is 0. The van der Waals surface area contributed by atoms with Crippen LogP contribution >= 0.6 is 0 Å². The first-order valence-corrected chi connectivity index (χ1v) is 6.27. The molecule has 3 rings (SSSR count). The van der Waals surface area contributed by atoms with Crippen LogP contribution in [0.3, 0.4) is 0 Å². The molecule has 0 unspecified atom stereocenters. The van der Waals surface area contributed by atoms with E-state index < -0.39 is 0 Å². The summed E-state index contributed by atoms with van der Waals surface area (Å²) in [6, 6.07) is 16.2. The van der Waals surface area contributed by atoms with E-state index in [1.165, 1.54) is 12.1 Å². The molecule has 3 aromatic rings. The molecule has 0 aliphatic rings. The lowest BCUT2D eigenvalue weighted by Gasteiger charge is -2.04. The Bertz CT molecular complexity index is 782. The van der Waals surface area contributed by atoms with Gasteiger partial charge in [0, 0.05) is 17.4 Å². The SMILES string of the molecule is N#Cc1c(NCc2ccc(F)cc2)[nH]c2ccccc12. The Balaban J connectivity index is 1.87. The van der Waals surface area contributed by atoms with Crippen molar-refractivity contribution < 1.29 is 4.39 Å². The van der Waals surface area contributed by atoms with Gasteiger partial charge in [-0.25, -0.2) is 4.39 Å². The molecule has 3 nitrogen and oxygen atoms in total. The van der Waals surface area contributed by atoms with Gasteiger partial charge in [-0.2, -0.15) is 5.26 Å². The quantitative estimate of drug-likeness (QED) is 0.757. The number of nitriles is 1. The zero-order chi connectivity index (χ0) is 13.9. The average Bonchev–Trinajstić information content (AvgIpc) is 2.84. The zero-order valence-electron chi connectivity index (χ0n) is 10.7. The van der Waals surface area contributed by atoms with Crippen molar-refractivity contribution in [1.82, 2.24) is 4.98 Å². The van der Waals surface area contributed by atoms with Gasteiger partial charge in [-0.15, -0.1) is 0 Å². The van der Waals surface area contributed by atoms with Crippen LogP contribution in [0.15, 0.2) is 48.5 Å². The van der Waals surface area contributed by atoms with Gasteiger partial charge in [-0.3, -0.25) is 0 Å². The van der Waals surface area contributed by atoms with E-state index in [-0.39, 0.29) is 5.82 Å². The molecule has 0 saturated carbocycles. The minimum atomic E-state index is -0.253. The molecular weight excluding hydrogens is 253 g/mol. The van der Waals surface area contributed by atoms with Crippen LogP contribution in [0.2, 0.25) is 0 Å². The molecule has 0 atom stereocenters. The summed E-state index contributed by atoms with van der Waals surface area (Å²) in [7, 11) is 0. The number of fused-ring (bicyclic) bond motifs is 1. The lowest BCUT2D eigenvalue weighted by Crippen LogP contribution is -2.01. The minimum absolute atomic E-state index is 0.253. The minimum Gasteiger partial charge on any atom is -0.366 e. The maximum atomic E-state index is 12.8. The fourth-order valence-corrected chi connectivity index (χ4v) is 2.18. The number of anilines is 1. The van der Waals surface area contributed by atoms with Gasteiger partial charge in [0.15, 0.2) is 0 Å². The predicted molar refractivity (Wildman–Crippen MR) is 76.7 cm³/mol. The summed E-state index contributed by atoms with van der Waals surface area (Å²) in [5.74, 6) is 0.440. The monoisotopic (exact) mass is 265 g/mol. The largest absolute Gasteiger partial charge is 0.366 e. The van der Waals surface area contributed by atoms with Crippen molar-refractivity contribution in [3.8, 4) is 6.07 Å². The number of nitrogens with zero attached hydrogens (tertiary/aromatic N) is 1. The van der Waals surface area contributed by atoms with E-state index in [1.807, 2.05) is 24.3 Å². The first kappa shape index (κ1) is 12.2. The second-order valence-electron chi connectivity index (χ2n) is 4.51. The van der Waals surface area contributed by atoms with Crippen molar-refractivity contribution in [3.05, 3.63) is 65.5 Å². The molecule has 0 radical (unpaired) electrons. The molecule has 0 saturated heterocycles. The smallest absolute Gasteiger partial charge is 0.123 e. The Hall–Kier alpha value is -2.80. The highest BCUT2D eigenvalue weighted by Gasteiger charge is 2.10. The molecule has 1 heterocycles. The number of benzene rings is 2. The first-order chi connectivity index (χ1) is 9.78. The van der Waals surface area contributed by atoms with Gasteiger partial charge in [-0.1, -0.05) is 30.3 Å². The number of aromatic amines is 1. The Morgan fingerprint density at radius 3 is 2.60 bits per heavy atom. The van der Waals surface area contributed by atoms with E-state index in [4.69, 9.17) is 0 Å². The van der Waals surface area contributed by atoms with Gasteiger partial charge in [0.1, 0.15) is 23.3 Å². The molecule has 0 bridgehead atoms. The van der Waals surface area contributed by atoms with E-state index in [2.05, 4.69) is 16.4 Å².